The molecule has 0 aliphatic heterocycles. The third-order valence-electron chi connectivity index (χ3n) is 2.93. The van der Waals surface area contributed by atoms with E-state index >= 15 is 0 Å². The van der Waals surface area contributed by atoms with Crippen LogP contribution in [0.4, 0.5) is 0 Å². The van der Waals surface area contributed by atoms with Crippen LogP contribution in [0.5, 0.6) is 0 Å². The second-order valence-electron chi connectivity index (χ2n) is 4.39. The Balaban J connectivity index is 2.41. The molecule has 102 valence electrons. The summed E-state index contributed by atoms with van der Waals surface area (Å²) >= 11 is 6.19. The zero-order valence-corrected chi connectivity index (χ0v) is 11.9. The number of hydrogen-bond acceptors (Lipinski definition) is 3. The van der Waals surface area contributed by atoms with E-state index < -0.39 is 0 Å². The summed E-state index contributed by atoms with van der Waals surface area (Å²) in [5.41, 5.74) is 0.953. The Morgan fingerprint density at radius 2 is 2.20 bits per heavy atom. The van der Waals surface area contributed by atoms with Gasteiger partial charge in [-0.25, -0.2) is 4.98 Å². The molecule has 0 atom stereocenters. The van der Waals surface area contributed by atoms with Crippen LogP contribution in [0.1, 0.15) is 23.8 Å². The van der Waals surface area contributed by atoms with Crippen molar-refractivity contribution in [1.29, 1.82) is 5.26 Å². The number of nitriles is 1. The predicted molar refractivity (Wildman–Crippen MR) is 78.6 cm³/mol. The van der Waals surface area contributed by atoms with Gasteiger partial charge in [0.05, 0.1) is 16.6 Å². The fourth-order valence-corrected chi connectivity index (χ4v) is 2.28. The molecule has 0 bridgehead atoms. The average Bonchev–Trinajstić information content (AvgIpc) is 2.46. The largest absolute Gasteiger partial charge is 0.324 e. The van der Waals surface area contributed by atoms with Gasteiger partial charge in [0.1, 0.15) is 12.2 Å². The van der Waals surface area contributed by atoms with Crippen molar-refractivity contribution in [2.24, 2.45) is 0 Å². The molecule has 0 radical (unpaired) electrons. The summed E-state index contributed by atoms with van der Waals surface area (Å²) in [6, 6.07) is 10.9. The summed E-state index contributed by atoms with van der Waals surface area (Å²) in [5, 5.41) is 10.1. The Bertz CT molecular complexity index is 678. The highest BCUT2D eigenvalue weighted by molar-refractivity contribution is 6.35. The number of halogens is 1. The lowest BCUT2D eigenvalue weighted by Gasteiger charge is -2.18. The maximum atomic E-state index is 12.4. The lowest BCUT2D eigenvalue weighted by atomic mass is 10.2. The highest BCUT2D eigenvalue weighted by Crippen LogP contribution is 2.23. The molecule has 1 heterocycles. The second kappa shape index (κ2) is 6.36. The van der Waals surface area contributed by atoms with E-state index in [1.807, 2.05) is 37.3 Å². The molecule has 0 spiro atoms. The van der Waals surface area contributed by atoms with Gasteiger partial charge in [0.25, 0.3) is 5.91 Å². The standard InChI is InChI=1S/C15H14ClN3O/c1-2-8-19(9-7-17)15(20)14-10-12(16)11-5-3-4-6-13(11)18-14/h3-6,10H,2,8-9H2,1H3. The third-order valence-corrected chi connectivity index (χ3v) is 3.24. The highest BCUT2D eigenvalue weighted by Gasteiger charge is 2.17. The number of carbonyl (C=O) groups is 1. The minimum Gasteiger partial charge on any atom is -0.324 e. The maximum absolute atomic E-state index is 12.4. The van der Waals surface area contributed by atoms with Crippen molar-refractivity contribution in [3.8, 4) is 6.07 Å². The number of nitrogens with zero attached hydrogens (tertiary/aromatic N) is 3. The molecule has 0 aliphatic carbocycles. The molecule has 0 N–H and O–H groups in total. The van der Waals surface area contributed by atoms with Crippen molar-refractivity contribution in [1.82, 2.24) is 9.88 Å². The number of hydrogen-bond donors (Lipinski definition) is 0. The maximum Gasteiger partial charge on any atom is 0.273 e. The van der Waals surface area contributed by atoms with Crippen molar-refractivity contribution in [2.75, 3.05) is 13.1 Å². The molecular formula is C15H14ClN3O. The Hall–Kier alpha value is -2.12. The molecule has 0 fully saturated rings. The van der Waals surface area contributed by atoms with Crippen LogP contribution in [0.3, 0.4) is 0 Å². The third kappa shape index (κ3) is 2.89. The fourth-order valence-electron chi connectivity index (χ4n) is 2.01. The van der Waals surface area contributed by atoms with Gasteiger partial charge in [0, 0.05) is 11.9 Å². The molecule has 1 amide bonds. The minimum absolute atomic E-state index is 0.0544. The van der Waals surface area contributed by atoms with E-state index in [1.165, 1.54) is 4.90 Å². The zero-order chi connectivity index (χ0) is 14.5. The van der Waals surface area contributed by atoms with Crippen LogP contribution in [0, 0.1) is 11.3 Å². The molecule has 0 unspecified atom stereocenters. The number of aromatic nitrogens is 1. The number of pyridine rings is 1. The van der Waals surface area contributed by atoms with Crippen molar-refractivity contribution < 1.29 is 4.79 Å². The summed E-state index contributed by atoms with van der Waals surface area (Å²) in [7, 11) is 0. The Kier molecular flexibility index (Phi) is 4.54. The Morgan fingerprint density at radius 1 is 1.45 bits per heavy atom. The smallest absolute Gasteiger partial charge is 0.273 e. The first-order valence-electron chi connectivity index (χ1n) is 6.39. The molecule has 2 aromatic rings. The van der Waals surface area contributed by atoms with Crippen LogP contribution >= 0.6 is 11.6 Å². The van der Waals surface area contributed by atoms with Crippen molar-refractivity contribution in [3.05, 3.63) is 41.0 Å². The van der Waals surface area contributed by atoms with E-state index in [0.717, 1.165) is 11.8 Å². The molecule has 0 aliphatic rings. The first kappa shape index (κ1) is 14.3. The molecule has 0 saturated carbocycles. The van der Waals surface area contributed by atoms with Gasteiger partial charge in [-0.15, -0.1) is 0 Å². The van der Waals surface area contributed by atoms with Gasteiger partial charge in [0.2, 0.25) is 0 Å². The van der Waals surface area contributed by atoms with Gasteiger partial charge in [-0.05, 0) is 18.6 Å². The number of fused-ring (bicyclic) bond motifs is 1. The number of rotatable bonds is 4. The van der Waals surface area contributed by atoms with E-state index in [-0.39, 0.29) is 18.1 Å². The molecule has 20 heavy (non-hydrogen) atoms. The van der Waals surface area contributed by atoms with E-state index in [4.69, 9.17) is 16.9 Å². The normalized spacial score (nSPS) is 10.2. The van der Waals surface area contributed by atoms with Gasteiger partial charge >= 0.3 is 0 Å². The summed E-state index contributed by atoms with van der Waals surface area (Å²) in [6.07, 6.45) is 0.786. The monoisotopic (exact) mass is 287 g/mol. The summed E-state index contributed by atoms with van der Waals surface area (Å²) in [6.45, 7) is 2.54. The van der Waals surface area contributed by atoms with Gasteiger partial charge in [0.15, 0.2) is 0 Å². The molecule has 5 heteroatoms. The van der Waals surface area contributed by atoms with Crippen LogP contribution < -0.4 is 0 Å². The lowest BCUT2D eigenvalue weighted by Crippen LogP contribution is -2.32. The van der Waals surface area contributed by atoms with E-state index in [0.29, 0.717) is 17.1 Å². The van der Waals surface area contributed by atoms with Crippen LogP contribution in [-0.4, -0.2) is 28.9 Å². The SMILES string of the molecule is CCCN(CC#N)C(=O)c1cc(Cl)c2ccccc2n1. The molecule has 4 nitrogen and oxygen atoms in total. The van der Waals surface area contributed by atoms with E-state index in [9.17, 15) is 4.79 Å². The van der Waals surface area contributed by atoms with Gasteiger partial charge in [-0.1, -0.05) is 36.7 Å². The highest BCUT2D eigenvalue weighted by atomic mass is 35.5. The van der Waals surface area contributed by atoms with Gasteiger partial charge < -0.3 is 4.90 Å². The van der Waals surface area contributed by atoms with Crippen LogP contribution in [-0.2, 0) is 0 Å². The number of benzene rings is 1. The van der Waals surface area contributed by atoms with Crippen LogP contribution in [0.15, 0.2) is 30.3 Å². The summed E-state index contributed by atoms with van der Waals surface area (Å²) in [5.74, 6) is -0.263. The summed E-state index contributed by atoms with van der Waals surface area (Å²) < 4.78 is 0. The minimum atomic E-state index is -0.263. The number of carbonyl (C=O) groups excluding carboxylic acids is 1. The molecular weight excluding hydrogens is 274 g/mol. The molecule has 2 rings (SSSR count). The average molecular weight is 288 g/mol. The van der Waals surface area contributed by atoms with E-state index in [2.05, 4.69) is 4.98 Å². The van der Waals surface area contributed by atoms with Gasteiger partial charge in [-0.2, -0.15) is 5.26 Å². The number of amides is 1. The van der Waals surface area contributed by atoms with Crippen LogP contribution in [0.25, 0.3) is 10.9 Å². The molecule has 1 aromatic carbocycles. The topological polar surface area (TPSA) is 57.0 Å². The van der Waals surface area contributed by atoms with Crippen molar-refractivity contribution >= 4 is 28.4 Å². The zero-order valence-electron chi connectivity index (χ0n) is 11.1. The van der Waals surface area contributed by atoms with Crippen molar-refractivity contribution in [3.63, 3.8) is 0 Å². The van der Waals surface area contributed by atoms with E-state index in [1.54, 1.807) is 6.07 Å². The quantitative estimate of drug-likeness (QED) is 0.811. The molecule has 1 aromatic heterocycles. The Labute approximate surface area is 122 Å². The second-order valence-corrected chi connectivity index (χ2v) is 4.80. The summed E-state index contributed by atoms with van der Waals surface area (Å²) in [4.78, 5) is 18.2. The van der Waals surface area contributed by atoms with Gasteiger partial charge in [-0.3, -0.25) is 4.79 Å². The molecule has 0 saturated heterocycles. The van der Waals surface area contributed by atoms with Crippen LogP contribution in [0.2, 0.25) is 5.02 Å². The first-order valence-corrected chi connectivity index (χ1v) is 6.76. The lowest BCUT2D eigenvalue weighted by molar-refractivity contribution is 0.0770. The number of para-hydroxylation sites is 1. The fraction of sp³-hybridized carbons (Fsp3) is 0.267. The van der Waals surface area contributed by atoms with Crippen molar-refractivity contribution in [2.45, 2.75) is 13.3 Å². The predicted octanol–water partition coefficient (Wildman–Crippen LogP) is 3.26. The first-order chi connectivity index (χ1) is 9.67. The Morgan fingerprint density at radius 3 is 2.90 bits per heavy atom.